The van der Waals surface area contributed by atoms with Crippen LogP contribution in [0.25, 0.3) is 0 Å². The first kappa shape index (κ1) is 15.7. The third-order valence-corrected chi connectivity index (χ3v) is 4.49. The van der Waals surface area contributed by atoms with Gasteiger partial charge in [-0.25, -0.2) is 4.79 Å². The first-order chi connectivity index (χ1) is 10.0. The van der Waals surface area contributed by atoms with Gasteiger partial charge in [0.1, 0.15) is 6.04 Å². The highest BCUT2D eigenvalue weighted by atomic mass is 32.2. The summed E-state index contributed by atoms with van der Waals surface area (Å²) in [6.07, 6.45) is 0. The van der Waals surface area contributed by atoms with Crippen LogP contribution in [0.5, 0.6) is 0 Å². The lowest BCUT2D eigenvalue weighted by atomic mass is 10.1. The third-order valence-electron chi connectivity index (χ3n) is 3.46. The Morgan fingerprint density at radius 3 is 2.90 bits per heavy atom. The van der Waals surface area contributed by atoms with Gasteiger partial charge >= 0.3 is 5.97 Å². The number of nitrogens with two attached hydrogens (primary N) is 1. The normalized spacial score (nSPS) is 18.4. The monoisotopic (exact) mass is 308 g/mol. The molecule has 21 heavy (non-hydrogen) atoms. The zero-order valence-electron chi connectivity index (χ0n) is 12.3. The van der Waals surface area contributed by atoms with Crippen molar-refractivity contribution in [2.24, 2.45) is 0 Å². The topological polar surface area (TPSA) is 72.6 Å². The molecule has 5 nitrogen and oxygen atoms in total. The van der Waals surface area contributed by atoms with Crippen molar-refractivity contribution in [1.82, 2.24) is 4.90 Å². The number of nitrogen functional groups attached to an aromatic ring is 1. The van der Waals surface area contributed by atoms with Crippen molar-refractivity contribution in [1.29, 1.82) is 0 Å². The number of hydrogen-bond donors (Lipinski definition) is 1. The van der Waals surface area contributed by atoms with Crippen LogP contribution in [0.1, 0.15) is 22.8 Å². The number of amides is 1. The van der Waals surface area contributed by atoms with Crippen molar-refractivity contribution in [3.63, 3.8) is 0 Å². The number of anilines is 1. The fourth-order valence-corrected chi connectivity index (χ4v) is 3.29. The average Bonchev–Trinajstić information content (AvgIpc) is 2.49. The van der Waals surface area contributed by atoms with Crippen LogP contribution in [0.15, 0.2) is 18.2 Å². The molecule has 2 N–H and O–H groups in total. The maximum atomic E-state index is 12.7. The maximum Gasteiger partial charge on any atom is 0.329 e. The number of hydrogen-bond acceptors (Lipinski definition) is 5. The van der Waals surface area contributed by atoms with Crippen molar-refractivity contribution >= 4 is 29.3 Å². The summed E-state index contributed by atoms with van der Waals surface area (Å²) in [6.45, 7) is 4.50. The Morgan fingerprint density at radius 1 is 1.48 bits per heavy atom. The molecule has 1 aliphatic heterocycles. The largest absolute Gasteiger partial charge is 0.464 e. The molecule has 1 aromatic carbocycles. The first-order valence-electron chi connectivity index (χ1n) is 6.96. The second kappa shape index (κ2) is 6.85. The summed E-state index contributed by atoms with van der Waals surface area (Å²) < 4.78 is 5.07. The van der Waals surface area contributed by atoms with Gasteiger partial charge in [-0.3, -0.25) is 4.79 Å². The van der Waals surface area contributed by atoms with Crippen molar-refractivity contribution in [3.05, 3.63) is 29.3 Å². The van der Waals surface area contributed by atoms with Gasteiger partial charge in [0.05, 0.1) is 6.61 Å². The van der Waals surface area contributed by atoms with E-state index < -0.39 is 6.04 Å². The molecule has 1 aromatic rings. The smallest absolute Gasteiger partial charge is 0.329 e. The van der Waals surface area contributed by atoms with Crippen LogP contribution in [-0.4, -0.2) is 47.5 Å². The fraction of sp³-hybridized carbons (Fsp3) is 0.467. The summed E-state index contributed by atoms with van der Waals surface area (Å²) >= 11 is 1.66. The zero-order valence-corrected chi connectivity index (χ0v) is 13.1. The van der Waals surface area contributed by atoms with Crippen LogP contribution in [0.4, 0.5) is 5.69 Å². The Labute approximate surface area is 128 Å². The minimum Gasteiger partial charge on any atom is -0.464 e. The van der Waals surface area contributed by atoms with Gasteiger partial charge in [0.15, 0.2) is 0 Å². The molecular formula is C15H20N2O3S. The minimum atomic E-state index is -0.506. The highest BCUT2D eigenvalue weighted by molar-refractivity contribution is 7.99. The number of rotatable bonds is 3. The summed E-state index contributed by atoms with van der Waals surface area (Å²) in [6, 6.07) is 4.69. The molecule has 0 bridgehead atoms. The predicted octanol–water partition coefficient (Wildman–Crippen LogP) is 1.70. The molecule has 1 atom stereocenters. The number of aryl methyl sites for hydroxylation is 1. The van der Waals surface area contributed by atoms with Crippen LogP contribution in [0.3, 0.4) is 0 Å². The van der Waals surface area contributed by atoms with Crippen LogP contribution < -0.4 is 5.73 Å². The van der Waals surface area contributed by atoms with Crippen molar-refractivity contribution in [2.75, 3.05) is 30.4 Å². The van der Waals surface area contributed by atoms with E-state index in [0.29, 0.717) is 30.2 Å². The molecule has 0 saturated carbocycles. The molecule has 2 rings (SSSR count). The molecule has 0 aliphatic carbocycles. The Hall–Kier alpha value is -1.69. The van der Waals surface area contributed by atoms with Crippen molar-refractivity contribution < 1.29 is 14.3 Å². The SMILES string of the molecule is CCOC(=O)C1CSCCN1C(=O)c1ccc(N)c(C)c1. The number of carbonyl (C=O) groups is 2. The van der Waals surface area contributed by atoms with Gasteiger partial charge in [0.2, 0.25) is 0 Å². The molecule has 0 radical (unpaired) electrons. The molecule has 1 aliphatic rings. The summed E-state index contributed by atoms with van der Waals surface area (Å²) in [5.74, 6) is 0.940. The van der Waals surface area contributed by atoms with Crippen molar-refractivity contribution in [2.45, 2.75) is 19.9 Å². The third kappa shape index (κ3) is 3.50. The molecule has 0 spiro atoms. The number of carbonyl (C=O) groups excluding carboxylic acids is 2. The molecule has 0 aromatic heterocycles. The van der Waals surface area contributed by atoms with E-state index in [1.807, 2.05) is 6.92 Å². The Balaban J connectivity index is 2.21. The number of nitrogens with zero attached hydrogens (tertiary/aromatic N) is 1. The van der Waals surface area contributed by atoms with Gasteiger partial charge < -0.3 is 15.4 Å². The summed E-state index contributed by atoms with van der Waals surface area (Å²) in [5.41, 5.74) is 7.85. The zero-order chi connectivity index (χ0) is 15.4. The molecule has 1 heterocycles. The lowest BCUT2D eigenvalue weighted by Crippen LogP contribution is -2.51. The maximum absolute atomic E-state index is 12.7. The van der Waals surface area contributed by atoms with Crippen LogP contribution in [0, 0.1) is 6.92 Å². The Morgan fingerprint density at radius 2 is 2.24 bits per heavy atom. The second-order valence-electron chi connectivity index (χ2n) is 4.91. The fourth-order valence-electron chi connectivity index (χ4n) is 2.26. The molecular weight excluding hydrogens is 288 g/mol. The number of ether oxygens (including phenoxy) is 1. The first-order valence-corrected chi connectivity index (χ1v) is 8.11. The molecule has 114 valence electrons. The van der Waals surface area contributed by atoms with E-state index in [1.165, 1.54) is 0 Å². The van der Waals surface area contributed by atoms with Gasteiger partial charge in [-0.05, 0) is 37.6 Å². The van der Waals surface area contributed by atoms with Gasteiger partial charge in [0, 0.05) is 29.3 Å². The van der Waals surface area contributed by atoms with Gasteiger partial charge in [-0.1, -0.05) is 0 Å². The van der Waals surface area contributed by atoms with E-state index in [9.17, 15) is 9.59 Å². The van der Waals surface area contributed by atoms with E-state index in [-0.39, 0.29) is 11.9 Å². The van der Waals surface area contributed by atoms with Crippen molar-refractivity contribution in [3.8, 4) is 0 Å². The summed E-state index contributed by atoms with van der Waals surface area (Å²) in [7, 11) is 0. The average molecular weight is 308 g/mol. The standard InChI is InChI=1S/C15H20N2O3S/c1-3-20-15(19)13-9-21-7-6-17(13)14(18)11-4-5-12(16)10(2)8-11/h4-5,8,13H,3,6-7,9,16H2,1-2H3. The summed E-state index contributed by atoms with van der Waals surface area (Å²) in [5, 5.41) is 0. The van der Waals surface area contributed by atoms with E-state index >= 15 is 0 Å². The van der Waals surface area contributed by atoms with Gasteiger partial charge in [0.25, 0.3) is 5.91 Å². The Kier molecular flexibility index (Phi) is 5.12. The van der Waals surface area contributed by atoms with E-state index in [1.54, 1.807) is 41.8 Å². The molecule has 1 saturated heterocycles. The number of benzene rings is 1. The highest BCUT2D eigenvalue weighted by Gasteiger charge is 2.34. The lowest BCUT2D eigenvalue weighted by Gasteiger charge is -2.33. The Bertz CT molecular complexity index is 548. The molecule has 1 amide bonds. The number of thioether (sulfide) groups is 1. The van der Waals surface area contributed by atoms with Gasteiger partial charge in [-0.2, -0.15) is 11.8 Å². The second-order valence-corrected chi connectivity index (χ2v) is 6.06. The van der Waals surface area contributed by atoms with Crippen LogP contribution >= 0.6 is 11.8 Å². The quantitative estimate of drug-likeness (QED) is 0.679. The summed E-state index contributed by atoms with van der Waals surface area (Å²) in [4.78, 5) is 26.3. The van der Waals surface area contributed by atoms with E-state index in [4.69, 9.17) is 10.5 Å². The molecule has 1 fully saturated rings. The minimum absolute atomic E-state index is 0.142. The highest BCUT2D eigenvalue weighted by Crippen LogP contribution is 2.21. The molecule has 1 unspecified atom stereocenters. The number of esters is 1. The van der Waals surface area contributed by atoms with E-state index in [2.05, 4.69) is 0 Å². The van der Waals surface area contributed by atoms with Crippen LogP contribution in [-0.2, 0) is 9.53 Å². The lowest BCUT2D eigenvalue weighted by molar-refractivity contribution is -0.147. The van der Waals surface area contributed by atoms with Crippen LogP contribution in [0.2, 0.25) is 0 Å². The van der Waals surface area contributed by atoms with E-state index in [0.717, 1.165) is 11.3 Å². The molecule has 6 heteroatoms. The predicted molar refractivity (Wildman–Crippen MR) is 84.4 cm³/mol. The van der Waals surface area contributed by atoms with Gasteiger partial charge in [-0.15, -0.1) is 0 Å².